The third kappa shape index (κ3) is 2.33. The molecule has 0 N–H and O–H groups in total. The molecular formula is C14H16N2O3. The summed E-state index contributed by atoms with van der Waals surface area (Å²) >= 11 is 0. The standard InChI is InChI=1S/C14H16N2O3/c1-18-14(17)11-6-4-8-16(11)9-13-15-10-5-2-3-7-12(10)19-13/h2-3,5,7,11H,4,6,8-9H2,1H3. The van der Waals surface area contributed by atoms with E-state index in [1.54, 1.807) is 0 Å². The van der Waals surface area contributed by atoms with Crippen LogP contribution >= 0.6 is 0 Å². The number of methoxy groups -OCH3 is 1. The fraction of sp³-hybridized carbons (Fsp3) is 0.429. The third-order valence-electron chi connectivity index (χ3n) is 3.51. The van der Waals surface area contributed by atoms with Crippen LogP contribution in [0.1, 0.15) is 18.7 Å². The summed E-state index contributed by atoms with van der Waals surface area (Å²) in [5.41, 5.74) is 1.64. The zero-order chi connectivity index (χ0) is 13.2. The lowest BCUT2D eigenvalue weighted by molar-refractivity contribution is -0.146. The Labute approximate surface area is 111 Å². The Bertz CT molecular complexity index is 560. The Morgan fingerprint density at radius 2 is 2.37 bits per heavy atom. The number of oxazole rings is 1. The zero-order valence-corrected chi connectivity index (χ0v) is 10.8. The second kappa shape index (κ2) is 5.01. The molecule has 0 radical (unpaired) electrons. The summed E-state index contributed by atoms with van der Waals surface area (Å²) in [5.74, 6) is 0.477. The van der Waals surface area contributed by atoms with Crippen molar-refractivity contribution in [2.24, 2.45) is 0 Å². The van der Waals surface area contributed by atoms with Crippen molar-refractivity contribution < 1.29 is 13.9 Å². The highest BCUT2D eigenvalue weighted by Gasteiger charge is 2.32. The van der Waals surface area contributed by atoms with Gasteiger partial charge in [0.05, 0.1) is 13.7 Å². The molecule has 5 heteroatoms. The van der Waals surface area contributed by atoms with E-state index in [4.69, 9.17) is 9.15 Å². The van der Waals surface area contributed by atoms with Crippen LogP contribution in [0.4, 0.5) is 0 Å². The van der Waals surface area contributed by atoms with Gasteiger partial charge in [0.1, 0.15) is 11.6 Å². The Kier molecular flexibility index (Phi) is 3.21. The van der Waals surface area contributed by atoms with Gasteiger partial charge >= 0.3 is 5.97 Å². The molecule has 5 nitrogen and oxygen atoms in total. The number of hydrogen-bond donors (Lipinski definition) is 0. The molecule has 100 valence electrons. The molecule has 0 saturated carbocycles. The molecule has 1 atom stereocenters. The maximum atomic E-state index is 11.7. The summed E-state index contributed by atoms with van der Waals surface area (Å²) in [6.45, 7) is 1.42. The van der Waals surface area contributed by atoms with Crippen molar-refractivity contribution in [3.8, 4) is 0 Å². The van der Waals surface area contributed by atoms with Crippen LogP contribution in [0.5, 0.6) is 0 Å². The maximum absolute atomic E-state index is 11.7. The van der Waals surface area contributed by atoms with Crippen molar-refractivity contribution in [3.63, 3.8) is 0 Å². The number of fused-ring (bicyclic) bond motifs is 1. The second-order valence-electron chi connectivity index (χ2n) is 4.73. The van der Waals surface area contributed by atoms with E-state index in [2.05, 4.69) is 9.88 Å². The quantitative estimate of drug-likeness (QED) is 0.790. The lowest BCUT2D eigenvalue weighted by atomic mass is 10.2. The van der Waals surface area contributed by atoms with Crippen LogP contribution in [0.15, 0.2) is 28.7 Å². The highest BCUT2D eigenvalue weighted by Crippen LogP contribution is 2.22. The van der Waals surface area contributed by atoms with Gasteiger partial charge in [0.25, 0.3) is 0 Å². The van der Waals surface area contributed by atoms with Crippen LogP contribution in [0.3, 0.4) is 0 Å². The zero-order valence-electron chi connectivity index (χ0n) is 10.8. The average Bonchev–Trinajstić information content (AvgIpc) is 3.04. The van der Waals surface area contributed by atoms with Crippen molar-refractivity contribution in [3.05, 3.63) is 30.2 Å². The molecule has 0 bridgehead atoms. The molecule has 0 spiro atoms. The smallest absolute Gasteiger partial charge is 0.323 e. The predicted molar refractivity (Wildman–Crippen MR) is 69.5 cm³/mol. The minimum atomic E-state index is -0.173. The fourth-order valence-electron chi connectivity index (χ4n) is 2.58. The molecule has 0 aliphatic carbocycles. The van der Waals surface area contributed by atoms with E-state index in [0.717, 1.165) is 30.5 Å². The summed E-state index contributed by atoms with van der Waals surface area (Å²) in [4.78, 5) is 18.2. The SMILES string of the molecule is COC(=O)C1CCCN1Cc1nc2ccccc2o1. The Morgan fingerprint density at radius 1 is 1.53 bits per heavy atom. The number of carbonyl (C=O) groups is 1. The first kappa shape index (κ1) is 12.2. The normalized spacial score (nSPS) is 19.9. The van der Waals surface area contributed by atoms with E-state index in [1.807, 2.05) is 24.3 Å². The Balaban J connectivity index is 1.78. The van der Waals surface area contributed by atoms with Crippen molar-refractivity contribution in [1.82, 2.24) is 9.88 Å². The molecule has 19 heavy (non-hydrogen) atoms. The summed E-state index contributed by atoms with van der Waals surface area (Å²) in [6, 6.07) is 7.50. The molecule has 1 aromatic carbocycles. The second-order valence-corrected chi connectivity index (χ2v) is 4.73. The number of esters is 1. The molecule has 2 aromatic rings. The van der Waals surface area contributed by atoms with E-state index >= 15 is 0 Å². The van der Waals surface area contributed by atoms with Gasteiger partial charge in [0.15, 0.2) is 5.58 Å². The molecule has 1 aromatic heterocycles. The molecule has 1 unspecified atom stereocenters. The number of benzene rings is 1. The molecule has 1 saturated heterocycles. The van der Waals surface area contributed by atoms with Crippen LogP contribution in [-0.4, -0.2) is 35.5 Å². The number of ether oxygens (including phenoxy) is 1. The van der Waals surface area contributed by atoms with E-state index in [9.17, 15) is 4.79 Å². The summed E-state index contributed by atoms with van der Waals surface area (Å²) in [5, 5.41) is 0. The number of likely N-dealkylation sites (tertiary alicyclic amines) is 1. The molecule has 1 aliphatic heterocycles. The van der Waals surface area contributed by atoms with Gasteiger partial charge in [-0.3, -0.25) is 9.69 Å². The van der Waals surface area contributed by atoms with Gasteiger partial charge in [0, 0.05) is 0 Å². The molecule has 0 amide bonds. The number of rotatable bonds is 3. The first-order valence-electron chi connectivity index (χ1n) is 6.44. The molecular weight excluding hydrogens is 244 g/mol. The Morgan fingerprint density at radius 3 is 3.16 bits per heavy atom. The highest BCUT2D eigenvalue weighted by atomic mass is 16.5. The van der Waals surface area contributed by atoms with Crippen LogP contribution in [0.25, 0.3) is 11.1 Å². The minimum absolute atomic E-state index is 0.167. The van der Waals surface area contributed by atoms with E-state index in [-0.39, 0.29) is 12.0 Å². The minimum Gasteiger partial charge on any atom is -0.468 e. The Hall–Kier alpha value is -1.88. The molecule has 3 rings (SSSR count). The number of carbonyl (C=O) groups excluding carboxylic acids is 1. The van der Waals surface area contributed by atoms with E-state index in [1.165, 1.54) is 7.11 Å². The third-order valence-corrected chi connectivity index (χ3v) is 3.51. The van der Waals surface area contributed by atoms with Gasteiger partial charge < -0.3 is 9.15 Å². The van der Waals surface area contributed by atoms with Gasteiger partial charge in [-0.15, -0.1) is 0 Å². The van der Waals surface area contributed by atoms with E-state index < -0.39 is 0 Å². The number of hydrogen-bond acceptors (Lipinski definition) is 5. The first-order chi connectivity index (χ1) is 9.28. The number of nitrogens with zero attached hydrogens (tertiary/aromatic N) is 2. The van der Waals surface area contributed by atoms with Crippen molar-refractivity contribution in [2.45, 2.75) is 25.4 Å². The average molecular weight is 260 g/mol. The van der Waals surface area contributed by atoms with Crippen molar-refractivity contribution >= 4 is 17.1 Å². The van der Waals surface area contributed by atoms with Gasteiger partial charge in [-0.05, 0) is 31.5 Å². The van der Waals surface area contributed by atoms with Gasteiger partial charge in [-0.1, -0.05) is 12.1 Å². The monoisotopic (exact) mass is 260 g/mol. The first-order valence-corrected chi connectivity index (χ1v) is 6.44. The largest absolute Gasteiger partial charge is 0.468 e. The van der Waals surface area contributed by atoms with Crippen LogP contribution in [0, 0.1) is 0 Å². The summed E-state index contributed by atoms with van der Waals surface area (Å²) in [6.07, 6.45) is 1.84. The van der Waals surface area contributed by atoms with Crippen molar-refractivity contribution in [1.29, 1.82) is 0 Å². The predicted octanol–water partition coefficient (Wildman–Crippen LogP) is 1.97. The summed E-state index contributed by atoms with van der Waals surface area (Å²) < 4.78 is 10.5. The fourth-order valence-corrected chi connectivity index (χ4v) is 2.58. The number of para-hydroxylation sites is 2. The van der Waals surface area contributed by atoms with Crippen LogP contribution in [0.2, 0.25) is 0 Å². The van der Waals surface area contributed by atoms with E-state index in [0.29, 0.717) is 12.4 Å². The number of aromatic nitrogens is 1. The lowest BCUT2D eigenvalue weighted by Crippen LogP contribution is -2.36. The summed E-state index contributed by atoms with van der Waals surface area (Å²) in [7, 11) is 1.43. The topological polar surface area (TPSA) is 55.6 Å². The molecule has 1 fully saturated rings. The van der Waals surface area contributed by atoms with Gasteiger partial charge in [0.2, 0.25) is 5.89 Å². The van der Waals surface area contributed by atoms with Gasteiger partial charge in [-0.2, -0.15) is 0 Å². The van der Waals surface area contributed by atoms with Crippen LogP contribution in [-0.2, 0) is 16.1 Å². The lowest BCUT2D eigenvalue weighted by Gasteiger charge is -2.20. The maximum Gasteiger partial charge on any atom is 0.323 e. The van der Waals surface area contributed by atoms with Crippen molar-refractivity contribution in [2.75, 3.05) is 13.7 Å². The van der Waals surface area contributed by atoms with Gasteiger partial charge in [-0.25, -0.2) is 4.98 Å². The highest BCUT2D eigenvalue weighted by molar-refractivity contribution is 5.76. The van der Waals surface area contributed by atoms with Crippen LogP contribution < -0.4 is 0 Å². The molecule has 1 aliphatic rings. The molecule has 2 heterocycles.